The Labute approximate surface area is 607 Å². The van der Waals surface area contributed by atoms with Gasteiger partial charge in [-0.1, -0.05) is 375 Å². The van der Waals surface area contributed by atoms with Crippen molar-refractivity contribution < 1.29 is 80.2 Å². The molecule has 0 aliphatic heterocycles. The van der Waals surface area contributed by atoms with Crippen LogP contribution >= 0.6 is 15.6 Å². The van der Waals surface area contributed by atoms with Gasteiger partial charge in [0.25, 0.3) is 0 Å². The molecule has 0 bridgehead atoms. The summed E-state index contributed by atoms with van der Waals surface area (Å²) >= 11 is 0. The molecule has 17 nitrogen and oxygen atoms in total. The molecule has 0 fully saturated rings. The number of phosphoric ester groups is 2. The van der Waals surface area contributed by atoms with Crippen LogP contribution in [0.2, 0.25) is 0 Å². The number of aliphatic hydroxyl groups excluding tert-OH is 1. The predicted molar refractivity (Wildman–Crippen MR) is 405 cm³/mol. The average Bonchev–Trinajstić information content (AvgIpc) is 1.20. The van der Waals surface area contributed by atoms with E-state index in [1.54, 1.807) is 0 Å². The summed E-state index contributed by atoms with van der Waals surface area (Å²) in [6, 6.07) is 0. The van der Waals surface area contributed by atoms with Gasteiger partial charge < -0.3 is 33.8 Å². The molecule has 99 heavy (non-hydrogen) atoms. The van der Waals surface area contributed by atoms with Gasteiger partial charge >= 0.3 is 39.5 Å². The smallest absolute Gasteiger partial charge is 0.462 e. The fraction of sp³-hybridized carbons (Fsp3) is 0.950. The topological polar surface area (TPSA) is 237 Å². The third-order valence-corrected chi connectivity index (χ3v) is 20.7. The van der Waals surface area contributed by atoms with Crippen molar-refractivity contribution in [2.75, 3.05) is 39.6 Å². The van der Waals surface area contributed by atoms with Gasteiger partial charge in [0.2, 0.25) is 0 Å². The zero-order chi connectivity index (χ0) is 72.7. The van der Waals surface area contributed by atoms with Crippen LogP contribution in [0.1, 0.15) is 426 Å². The van der Waals surface area contributed by atoms with Crippen molar-refractivity contribution in [3.63, 3.8) is 0 Å². The lowest BCUT2D eigenvalue weighted by atomic mass is 10.0. The molecule has 0 aromatic carbocycles. The van der Waals surface area contributed by atoms with E-state index >= 15 is 0 Å². The largest absolute Gasteiger partial charge is 0.472 e. The maximum atomic E-state index is 13.1. The number of unbranched alkanes of at least 4 members (excludes halogenated alkanes) is 52. The van der Waals surface area contributed by atoms with Gasteiger partial charge in [0.05, 0.1) is 26.4 Å². The highest BCUT2D eigenvalue weighted by Crippen LogP contribution is 2.45. The molecule has 5 atom stereocenters. The van der Waals surface area contributed by atoms with Crippen molar-refractivity contribution in [3.05, 3.63) is 0 Å². The van der Waals surface area contributed by atoms with Crippen LogP contribution in [0.4, 0.5) is 0 Å². The van der Waals surface area contributed by atoms with E-state index in [0.29, 0.717) is 25.7 Å². The Morgan fingerprint density at radius 3 is 0.687 bits per heavy atom. The number of hydrogen-bond acceptors (Lipinski definition) is 15. The molecular formula is C80H156O17P2. The molecule has 588 valence electrons. The molecule has 3 N–H and O–H groups in total. The predicted octanol–water partition coefficient (Wildman–Crippen LogP) is 24.0. The van der Waals surface area contributed by atoms with Crippen molar-refractivity contribution in [1.29, 1.82) is 0 Å². The van der Waals surface area contributed by atoms with Gasteiger partial charge in [-0.3, -0.25) is 37.3 Å². The Morgan fingerprint density at radius 1 is 0.273 bits per heavy atom. The maximum absolute atomic E-state index is 13.1. The zero-order valence-corrected chi connectivity index (χ0v) is 66.4. The number of phosphoric acid groups is 2. The Morgan fingerprint density at radius 2 is 0.465 bits per heavy atom. The number of aliphatic hydroxyl groups is 1. The van der Waals surface area contributed by atoms with E-state index in [9.17, 15) is 43.2 Å². The van der Waals surface area contributed by atoms with E-state index in [2.05, 4.69) is 34.6 Å². The SMILES string of the molecule is CCCCCCCCCCCCCCCCCC(=O)OC[C@H](COP(=O)(O)OC[C@@H](O)COP(=O)(O)OC[C@@H](COC(=O)CCCCCCCCCCCCCC)OC(=O)CCCCCCCCCCCCCCCCC)OC(=O)CCCCCCCCCCCCCCCCC(C)C. The first kappa shape index (κ1) is 97.1. The molecule has 0 saturated heterocycles. The molecule has 0 saturated carbocycles. The number of carbonyl (C=O) groups is 4. The first-order valence-corrected chi connectivity index (χ1v) is 44.6. The fourth-order valence-corrected chi connectivity index (χ4v) is 14.0. The lowest BCUT2D eigenvalue weighted by molar-refractivity contribution is -0.161. The third-order valence-electron chi connectivity index (χ3n) is 18.8. The van der Waals surface area contributed by atoms with Gasteiger partial charge in [-0.25, -0.2) is 9.13 Å². The molecule has 2 unspecified atom stereocenters. The molecule has 19 heteroatoms. The van der Waals surface area contributed by atoms with Crippen molar-refractivity contribution in [1.82, 2.24) is 0 Å². The summed E-state index contributed by atoms with van der Waals surface area (Å²) in [6.07, 6.45) is 63.6. The summed E-state index contributed by atoms with van der Waals surface area (Å²) < 4.78 is 68.7. The molecule has 0 rings (SSSR count). The van der Waals surface area contributed by atoms with Gasteiger partial charge in [0.15, 0.2) is 12.2 Å². The van der Waals surface area contributed by atoms with Crippen molar-refractivity contribution >= 4 is 39.5 Å². The van der Waals surface area contributed by atoms with E-state index < -0.39 is 97.5 Å². The molecular weight excluding hydrogens is 1290 g/mol. The molecule has 0 amide bonds. The van der Waals surface area contributed by atoms with Crippen LogP contribution in [0.15, 0.2) is 0 Å². The summed E-state index contributed by atoms with van der Waals surface area (Å²) in [6.45, 7) is 7.36. The lowest BCUT2D eigenvalue weighted by Gasteiger charge is -2.21. The quantitative estimate of drug-likeness (QED) is 0.0222. The van der Waals surface area contributed by atoms with Crippen LogP contribution in [0.5, 0.6) is 0 Å². The van der Waals surface area contributed by atoms with Crippen LogP contribution in [0, 0.1) is 5.92 Å². The molecule has 0 spiro atoms. The van der Waals surface area contributed by atoms with Gasteiger partial charge in [-0.2, -0.15) is 0 Å². The summed E-state index contributed by atoms with van der Waals surface area (Å²) in [5.74, 6) is -1.31. The highest BCUT2D eigenvalue weighted by Gasteiger charge is 2.30. The van der Waals surface area contributed by atoms with Gasteiger partial charge in [-0.05, 0) is 31.6 Å². The second-order valence-electron chi connectivity index (χ2n) is 29.3. The van der Waals surface area contributed by atoms with Gasteiger partial charge in [0.1, 0.15) is 19.3 Å². The van der Waals surface area contributed by atoms with E-state index in [1.807, 2.05) is 0 Å². The standard InChI is InChI=1S/C80H156O17P2/c1-6-9-12-15-18-21-24-27-29-34-39-44-49-54-59-64-78(83)91-70-76(97-80(85)66-61-56-51-46-41-36-32-31-33-37-42-47-52-57-62-73(4)5)72-95-99(88,89)93-68-74(81)67-92-98(86,87)94-71-75(69-90-77(82)63-58-53-48-43-38-26-23-20-17-14-11-8-3)96-79(84)65-60-55-50-45-40-35-30-28-25-22-19-16-13-10-7-2/h73-76,81H,6-72H2,1-5H3,(H,86,87)(H,88,89)/t74-,75+,76+/m0/s1. The highest BCUT2D eigenvalue weighted by atomic mass is 31.2. The zero-order valence-electron chi connectivity index (χ0n) is 64.6. The Balaban J connectivity index is 5.26. The van der Waals surface area contributed by atoms with Crippen molar-refractivity contribution in [2.45, 2.75) is 445 Å². The molecule has 0 aliphatic carbocycles. The van der Waals surface area contributed by atoms with Gasteiger partial charge in [-0.15, -0.1) is 0 Å². The van der Waals surface area contributed by atoms with Crippen LogP contribution < -0.4 is 0 Å². The van der Waals surface area contributed by atoms with Crippen LogP contribution in [0.25, 0.3) is 0 Å². The summed E-state index contributed by atoms with van der Waals surface area (Å²) in [4.78, 5) is 73.0. The Bertz CT molecular complexity index is 1890. The third kappa shape index (κ3) is 74.1. The molecule has 0 aromatic heterocycles. The van der Waals surface area contributed by atoms with Gasteiger partial charge in [0, 0.05) is 25.7 Å². The van der Waals surface area contributed by atoms with Crippen LogP contribution in [-0.4, -0.2) is 96.7 Å². The van der Waals surface area contributed by atoms with Crippen LogP contribution in [-0.2, 0) is 65.4 Å². The first-order chi connectivity index (χ1) is 48.0. The fourth-order valence-electron chi connectivity index (χ4n) is 12.4. The summed E-state index contributed by atoms with van der Waals surface area (Å²) in [7, 11) is -9.92. The van der Waals surface area contributed by atoms with E-state index in [0.717, 1.165) is 95.8 Å². The minimum absolute atomic E-state index is 0.108. The van der Waals surface area contributed by atoms with Crippen molar-refractivity contribution in [3.8, 4) is 0 Å². The molecule has 0 aliphatic rings. The Hall–Kier alpha value is -1.94. The monoisotopic (exact) mass is 1450 g/mol. The highest BCUT2D eigenvalue weighted by molar-refractivity contribution is 7.47. The average molecular weight is 1450 g/mol. The summed E-state index contributed by atoms with van der Waals surface area (Å²) in [5.41, 5.74) is 0. The molecule has 0 radical (unpaired) electrons. The number of hydrogen-bond donors (Lipinski definition) is 3. The Kier molecular flexibility index (Phi) is 71.6. The van der Waals surface area contributed by atoms with E-state index in [1.165, 1.54) is 250 Å². The second-order valence-corrected chi connectivity index (χ2v) is 32.2. The first-order valence-electron chi connectivity index (χ1n) is 41.6. The van der Waals surface area contributed by atoms with E-state index in [4.69, 9.17) is 37.0 Å². The minimum atomic E-state index is -4.96. The lowest BCUT2D eigenvalue weighted by Crippen LogP contribution is -2.30. The number of rotatable bonds is 80. The number of esters is 4. The number of carbonyl (C=O) groups excluding carboxylic acids is 4. The number of ether oxygens (including phenoxy) is 4. The maximum Gasteiger partial charge on any atom is 0.472 e. The molecule has 0 aromatic rings. The van der Waals surface area contributed by atoms with E-state index in [-0.39, 0.29) is 25.7 Å². The van der Waals surface area contributed by atoms with Crippen LogP contribution in [0.3, 0.4) is 0 Å². The van der Waals surface area contributed by atoms with Crippen molar-refractivity contribution in [2.24, 2.45) is 5.92 Å². The minimum Gasteiger partial charge on any atom is -0.462 e. The summed E-state index contributed by atoms with van der Waals surface area (Å²) in [5, 5.41) is 10.6. The normalized spacial score (nSPS) is 13.9. The second kappa shape index (κ2) is 73.0. The molecule has 0 heterocycles.